The molecule has 0 bridgehead atoms. The van der Waals surface area contributed by atoms with Crippen molar-refractivity contribution in [3.63, 3.8) is 0 Å². The molecule has 0 aliphatic heterocycles. The van der Waals surface area contributed by atoms with Gasteiger partial charge in [-0.05, 0) is 43.3 Å². The van der Waals surface area contributed by atoms with Gasteiger partial charge in [-0.25, -0.2) is 19.0 Å². The first kappa shape index (κ1) is 23.7. The van der Waals surface area contributed by atoms with Crippen molar-refractivity contribution in [2.75, 3.05) is 26.6 Å². The maximum absolute atomic E-state index is 13.4. The SMILES string of the molecule is COc1cc(C(=O)Nc2cc(C)nn2-c2ncnc3c2cnn3-c2ccc(F)cc2)cc(OC)c1OC. The summed E-state index contributed by atoms with van der Waals surface area (Å²) in [7, 11) is 4.44. The number of aryl methyl sites for hydroxylation is 1. The van der Waals surface area contributed by atoms with Crippen LogP contribution in [0, 0.1) is 12.7 Å². The quantitative estimate of drug-likeness (QED) is 0.357. The minimum absolute atomic E-state index is 0.289. The van der Waals surface area contributed by atoms with Gasteiger partial charge in [-0.1, -0.05) is 0 Å². The van der Waals surface area contributed by atoms with Gasteiger partial charge in [0.2, 0.25) is 5.75 Å². The molecule has 188 valence electrons. The number of nitrogens with one attached hydrogen (secondary N) is 1. The van der Waals surface area contributed by atoms with E-state index in [1.54, 1.807) is 48.1 Å². The average molecular weight is 503 g/mol. The molecule has 0 aliphatic carbocycles. The second-order valence-corrected chi connectivity index (χ2v) is 7.92. The number of carbonyl (C=O) groups is 1. The van der Waals surface area contributed by atoms with Crippen molar-refractivity contribution >= 4 is 22.8 Å². The standard InChI is InChI=1S/C25H22FN7O4/c1-14-9-21(30-25(34)15-10-19(35-2)22(37-4)20(11-15)36-3)33(31-14)24-18-12-29-32(23(18)27-13-28-24)17-7-5-16(26)6-8-17/h5-13H,1-4H3,(H,30,34). The van der Waals surface area contributed by atoms with Crippen LogP contribution in [0.25, 0.3) is 22.5 Å². The molecule has 5 aromatic rings. The Bertz CT molecular complexity index is 1590. The molecule has 0 atom stereocenters. The number of ether oxygens (including phenoxy) is 3. The summed E-state index contributed by atoms with van der Waals surface area (Å²) in [5.41, 5.74) is 2.06. The molecule has 0 unspecified atom stereocenters. The molecule has 37 heavy (non-hydrogen) atoms. The van der Waals surface area contributed by atoms with E-state index in [0.29, 0.717) is 51.3 Å². The van der Waals surface area contributed by atoms with E-state index in [9.17, 15) is 9.18 Å². The maximum atomic E-state index is 13.4. The average Bonchev–Trinajstić information content (AvgIpc) is 3.51. The molecule has 1 N–H and O–H groups in total. The third-order valence-corrected chi connectivity index (χ3v) is 5.62. The lowest BCUT2D eigenvalue weighted by Gasteiger charge is -2.14. The zero-order valence-corrected chi connectivity index (χ0v) is 20.4. The molecule has 3 heterocycles. The first-order valence-corrected chi connectivity index (χ1v) is 11.1. The van der Waals surface area contributed by atoms with Crippen LogP contribution >= 0.6 is 0 Å². The summed E-state index contributed by atoms with van der Waals surface area (Å²) in [5, 5.41) is 12.4. The Morgan fingerprint density at radius 1 is 0.946 bits per heavy atom. The fourth-order valence-electron chi connectivity index (χ4n) is 3.92. The summed E-state index contributed by atoms with van der Waals surface area (Å²) < 4.78 is 32.5. The monoisotopic (exact) mass is 503 g/mol. The molecular formula is C25H22FN7O4. The van der Waals surface area contributed by atoms with Crippen LogP contribution in [0.15, 0.2) is 55.0 Å². The Balaban J connectivity index is 1.54. The number of benzene rings is 2. The van der Waals surface area contributed by atoms with Crippen LogP contribution in [0.2, 0.25) is 0 Å². The highest BCUT2D eigenvalue weighted by Gasteiger charge is 2.21. The fraction of sp³-hybridized carbons (Fsp3) is 0.160. The number of aromatic nitrogens is 6. The lowest BCUT2D eigenvalue weighted by atomic mass is 10.1. The number of fused-ring (bicyclic) bond motifs is 1. The van der Waals surface area contributed by atoms with Crippen molar-refractivity contribution < 1.29 is 23.4 Å². The summed E-state index contributed by atoms with van der Waals surface area (Å²) in [4.78, 5) is 22.0. The topological polar surface area (TPSA) is 118 Å². The molecule has 0 spiro atoms. The molecule has 2 aromatic carbocycles. The van der Waals surface area contributed by atoms with Gasteiger partial charge in [-0.2, -0.15) is 14.9 Å². The Morgan fingerprint density at radius 2 is 1.65 bits per heavy atom. The number of halogens is 1. The van der Waals surface area contributed by atoms with E-state index in [4.69, 9.17) is 14.2 Å². The second-order valence-electron chi connectivity index (χ2n) is 7.92. The molecule has 5 rings (SSSR count). The van der Waals surface area contributed by atoms with Crippen molar-refractivity contribution in [1.29, 1.82) is 0 Å². The molecule has 12 heteroatoms. The van der Waals surface area contributed by atoms with Gasteiger partial charge in [0.15, 0.2) is 23.0 Å². The van der Waals surface area contributed by atoms with E-state index in [1.165, 1.54) is 44.5 Å². The highest BCUT2D eigenvalue weighted by atomic mass is 19.1. The number of hydrogen-bond acceptors (Lipinski definition) is 8. The summed E-state index contributed by atoms with van der Waals surface area (Å²) in [6, 6.07) is 10.7. The van der Waals surface area contributed by atoms with E-state index in [-0.39, 0.29) is 11.4 Å². The summed E-state index contributed by atoms with van der Waals surface area (Å²) >= 11 is 0. The number of methoxy groups -OCH3 is 3. The molecule has 11 nitrogen and oxygen atoms in total. The molecule has 3 aromatic heterocycles. The second kappa shape index (κ2) is 9.57. The molecule has 0 radical (unpaired) electrons. The molecule has 0 aliphatic rings. The predicted octanol–water partition coefficient (Wildman–Crippen LogP) is 3.73. The minimum atomic E-state index is -0.423. The first-order chi connectivity index (χ1) is 17.9. The lowest BCUT2D eigenvalue weighted by molar-refractivity contribution is 0.102. The summed E-state index contributed by atoms with van der Waals surface area (Å²) in [6.45, 7) is 1.80. The smallest absolute Gasteiger partial charge is 0.257 e. The minimum Gasteiger partial charge on any atom is -0.493 e. The van der Waals surface area contributed by atoms with Gasteiger partial charge in [0, 0.05) is 11.6 Å². The number of carbonyl (C=O) groups excluding carboxylic acids is 1. The number of nitrogens with zero attached hydrogens (tertiary/aromatic N) is 6. The van der Waals surface area contributed by atoms with Crippen LogP contribution in [0.4, 0.5) is 10.2 Å². The van der Waals surface area contributed by atoms with Crippen LogP contribution < -0.4 is 19.5 Å². The van der Waals surface area contributed by atoms with Crippen LogP contribution in [-0.4, -0.2) is 56.8 Å². The third kappa shape index (κ3) is 4.29. The normalized spacial score (nSPS) is 10.9. The largest absolute Gasteiger partial charge is 0.493 e. The van der Waals surface area contributed by atoms with Crippen molar-refractivity contribution in [1.82, 2.24) is 29.5 Å². The fourth-order valence-corrected chi connectivity index (χ4v) is 3.92. The Hall–Kier alpha value is -5.00. The van der Waals surface area contributed by atoms with E-state index in [0.717, 1.165) is 0 Å². The van der Waals surface area contributed by atoms with Crippen LogP contribution in [-0.2, 0) is 0 Å². The highest BCUT2D eigenvalue weighted by Crippen LogP contribution is 2.38. The van der Waals surface area contributed by atoms with Gasteiger partial charge in [0.05, 0.1) is 44.3 Å². The highest BCUT2D eigenvalue weighted by molar-refractivity contribution is 6.05. The maximum Gasteiger partial charge on any atom is 0.257 e. The van der Waals surface area contributed by atoms with Gasteiger partial charge in [-0.15, -0.1) is 0 Å². The van der Waals surface area contributed by atoms with Gasteiger partial charge in [-0.3, -0.25) is 4.79 Å². The number of anilines is 1. The summed E-state index contributed by atoms with van der Waals surface area (Å²) in [6.07, 6.45) is 2.97. The van der Waals surface area contributed by atoms with Crippen molar-refractivity contribution in [2.24, 2.45) is 0 Å². The number of hydrogen-bond donors (Lipinski definition) is 1. The molecular weight excluding hydrogens is 481 g/mol. The molecule has 0 saturated heterocycles. The Morgan fingerprint density at radius 3 is 2.30 bits per heavy atom. The van der Waals surface area contributed by atoms with Gasteiger partial charge in [0.25, 0.3) is 5.91 Å². The molecule has 0 fully saturated rings. The van der Waals surface area contributed by atoms with E-state index < -0.39 is 5.91 Å². The lowest BCUT2D eigenvalue weighted by Crippen LogP contribution is -2.16. The Kier molecular flexibility index (Phi) is 6.14. The molecule has 1 amide bonds. The third-order valence-electron chi connectivity index (χ3n) is 5.62. The van der Waals surface area contributed by atoms with E-state index >= 15 is 0 Å². The zero-order chi connectivity index (χ0) is 26.1. The Labute approximate surface area is 210 Å². The first-order valence-electron chi connectivity index (χ1n) is 11.1. The summed E-state index contributed by atoms with van der Waals surface area (Å²) in [5.74, 6) is 1.09. The van der Waals surface area contributed by atoms with Crippen molar-refractivity contribution in [3.8, 4) is 28.8 Å². The van der Waals surface area contributed by atoms with Crippen LogP contribution in [0.3, 0.4) is 0 Å². The van der Waals surface area contributed by atoms with Crippen LogP contribution in [0.5, 0.6) is 17.2 Å². The van der Waals surface area contributed by atoms with E-state index in [2.05, 4.69) is 25.5 Å². The van der Waals surface area contributed by atoms with Gasteiger partial charge >= 0.3 is 0 Å². The predicted molar refractivity (Wildman–Crippen MR) is 133 cm³/mol. The zero-order valence-electron chi connectivity index (χ0n) is 20.4. The number of rotatable bonds is 7. The van der Waals surface area contributed by atoms with E-state index in [1.807, 2.05) is 0 Å². The molecule has 0 saturated carbocycles. The van der Waals surface area contributed by atoms with Gasteiger partial charge < -0.3 is 19.5 Å². The number of amides is 1. The van der Waals surface area contributed by atoms with Crippen molar-refractivity contribution in [2.45, 2.75) is 6.92 Å². The van der Waals surface area contributed by atoms with Crippen LogP contribution in [0.1, 0.15) is 16.1 Å². The van der Waals surface area contributed by atoms with Gasteiger partial charge in [0.1, 0.15) is 18.0 Å². The van der Waals surface area contributed by atoms with Crippen molar-refractivity contribution in [3.05, 3.63) is 72.1 Å².